The molecule has 0 unspecified atom stereocenters. The van der Waals surface area contributed by atoms with Crippen LogP contribution >= 0.6 is 0 Å². The third kappa shape index (κ3) is 6.08. The molecular weight excluding hydrogens is 244 g/mol. The molecule has 1 aromatic heterocycles. The van der Waals surface area contributed by atoms with E-state index in [-0.39, 0.29) is 18.6 Å². The van der Waals surface area contributed by atoms with Crippen molar-refractivity contribution in [1.82, 2.24) is 9.29 Å². The molecule has 1 aromatic rings. The zero-order valence-corrected chi connectivity index (χ0v) is 10.2. The van der Waals surface area contributed by atoms with E-state index in [1.165, 1.54) is 0 Å². The molecule has 0 atom stereocenters. The highest BCUT2D eigenvalue weighted by Crippen LogP contribution is 1.95. The Balaban J connectivity index is 2.22. The summed E-state index contributed by atoms with van der Waals surface area (Å²) < 4.78 is 27.1. The molecule has 0 fully saturated rings. The van der Waals surface area contributed by atoms with Crippen LogP contribution in [-0.4, -0.2) is 36.4 Å². The van der Waals surface area contributed by atoms with Crippen LogP contribution in [0.1, 0.15) is 12.8 Å². The van der Waals surface area contributed by atoms with Crippen molar-refractivity contribution in [2.45, 2.75) is 19.4 Å². The van der Waals surface area contributed by atoms with Crippen LogP contribution < -0.4 is 4.72 Å². The van der Waals surface area contributed by atoms with Gasteiger partial charge in [-0.05, 0) is 18.6 Å². The molecular formula is C10H16N2O4S. The van der Waals surface area contributed by atoms with Crippen LogP contribution in [0.3, 0.4) is 0 Å². The number of aromatic nitrogens is 1. The summed E-state index contributed by atoms with van der Waals surface area (Å²) in [6.07, 6.45) is 3.70. The first-order chi connectivity index (χ1) is 7.99. The first kappa shape index (κ1) is 13.7. The van der Waals surface area contributed by atoms with Crippen molar-refractivity contribution in [2.24, 2.45) is 0 Å². The number of aliphatic carboxylic acids is 1. The molecule has 7 heteroatoms. The molecule has 17 heavy (non-hydrogen) atoms. The van der Waals surface area contributed by atoms with Gasteiger partial charge in [-0.25, -0.2) is 13.1 Å². The molecule has 2 N–H and O–H groups in total. The Morgan fingerprint density at radius 3 is 2.53 bits per heavy atom. The van der Waals surface area contributed by atoms with E-state index in [2.05, 4.69) is 4.72 Å². The number of nitrogens with one attached hydrogen (secondary N) is 1. The summed E-state index contributed by atoms with van der Waals surface area (Å²) in [5, 5.41) is 8.39. The topological polar surface area (TPSA) is 88.4 Å². The zero-order chi connectivity index (χ0) is 12.7. The Labute approximate surface area is 100 Å². The van der Waals surface area contributed by atoms with Crippen LogP contribution in [0.4, 0.5) is 0 Å². The molecule has 1 heterocycles. The van der Waals surface area contributed by atoms with Crippen molar-refractivity contribution < 1.29 is 18.3 Å². The quantitative estimate of drug-likeness (QED) is 0.702. The van der Waals surface area contributed by atoms with E-state index in [9.17, 15) is 13.2 Å². The molecule has 0 aliphatic carbocycles. The largest absolute Gasteiger partial charge is 0.481 e. The van der Waals surface area contributed by atoms with Crippen molar-refractivity contribution in [1.29, 1.82) is 0 Å². The van der Waals surface area contributed by atoms with E-state index >= 15 is 0 Å². The van der Waals surface area contributed by atoms with Gasteiger partial charge in [-0.15, -0.1) is 0 Å². The van der Waals surface area contributed by atoms with E-state index in [1.807, 2.05) is 29.1 Å². The van der Waals surface area contributed by atoms with Crippen molar-refractivity contribution in [3.05, 3.63) is 24.5 Å². The molecule has 0 aliphatic rings. The fourth-order valence-electron chi connectivity index (χ4n) is 1.34. The van der Waals surface area contributed by atoms with Gasteiger partial charge in [-0.3, -0.25) is 4.79 Å². The number of rotatable bonds is 8. The molecule has 1 rings (SSSR count). The first-order valence-electron chi connectivity index (χ1n) is 5.29. The fourth-order valence-corrected chi connectivity index (χ4v) is 2.41. The summed E-state index contributed by atoms with van der Waals surface area (Å²) in [6, 6.07) is 3.72. The number of hydrogen-bond donors (Lipinski definition) is 2. The standard InChI is InChI=1S/C10H16N2O4S/c13-10(14)4-3-9-17(15,16)11-5-8-12-6-1-2-7-12/h1-2,6-7,11H,3-5,8-9H2,(H,13,14). The molecule has 0 aliphatic heterocycles. The number of carboxylic acid groups (broad SMARTS) is 1. The first-order valence-corrected chi connectivity index (χ1v) is 6.95. The molecule has 0 radical (unpaired) electrons. The van der Waals surface area contributed by atoms with E-state index in [0.29, 0.717) is 13.1 Å². The Hall–Kier alpha value is -1.34. The monoisotopic (exact) mass is 260 g/mol. The average Bonchev–Trinajstić information content (AvgIpc) is 2.69. The van der Waals surface area contributed by atoms with Crippen LogP contribution in [0.15, 0.2) is 24.5 Å². The predicted molar refractivity (Wildman–Crippen MR) is 63.1 cm³/mol. The molecule has 6 nitrogen and oxygen atoms in total. The van der Waals surface area contributed by atoms with Crippen LogP contribution in [-0.2, 0) is 21.4 Å². The third-order valence-corrected chi connectivity index (χ3v) is 3.63. The van der Waals surface area contributed by atoms with Crippen LogP contribution in [0, 0.1) is 0 Å². The zero-order valence-electron chi connectivity index (χ0n) is 9.37. The molecule has 0 aromatic carbocycles. The van der Waals surface area contributed by atoms with E-state index in [0.717, 1.165) is 0 Å². The van der Waals surface area contributed by atoms with Crippen LogP contribution in [0.5, 0.6) is 0 Å². The maximum absolute atomic E-state index is 11.4. The Kier molecular flexibility index (Phi) is 5.17. The Morgan fingerprint density at radius 1 is 1.29 bits per heavy atom. The number of carbonyl (C=O) groups is 1. The molecule has 0 spiro atoms. The SMILES string of the molecule is O=C(O)CCCS(=O)(=O)NCCn1cccc1. The summed E-state index contributed by atoms with van der Waals surface area (Å²) in [7, 11) is -3.36. The Bertz CT molecular complexity index is 439. The summed E-state index contributed by atoms with van der Waals surface area (Å²) in [4.78, 5) is 10.2. The third-order valence-electron chi connectivity index (χ3n) is 2.16. The van der Waals surface area contributed by atoms with Gasteiger partial charge in [-0.2, -0.15) is 0 Å². The van der Waals surface area contributed by atoms with Gasteiger partial charge in [0.1, 0.15) is 0 Å². The lowest BCUT2D eigenvalue weighted by Crippen LogP contribution is -2.29. The number of hydrogen-bond acceptors (Lipinski definition) is 3. The normalized spacial score (nSPS) is 11.5. The lowest BCUT2D eigenvalue weighted by atomic mass is 10.3. The van der Waals surface area contributed by atoms with E-state index in [1.54, 1.807) is 0 Å². The minimum absolute atomic E-state index is 0.126. The van der Waals surface area contributed by atoms with Gasteiger partial charge in [0.15, 0.2) is 0 Å². The van der Waals surface area contributed by atoms with Gasteiger partial charge in [0.25, 0.3) is 0 Å². The van der Waals surface area contributed by atoms with Crippen LogP contribution in [0.25, 0.3) is 0 Å². The van der Waals surface area contributed by atoms with Gasteiger partial charge in [0, 0.05) is 31.9 Å². The Morgan fingerprint density at radius 2 is 1.94 bits per heavy atom. The van der Waals surface area contributed by atoms with Gasteiger partial charge < -0.3 is 9.67 Å². The fraction of sp³-hybridized carbons (Fsp3) is 0.500. The van der Waals surface area contributed by atoms with Gasteiger partial charge in [0.2, 0.25) is 10.0 Å². The van der Waals surface area contributed by atoms with Gasteiger partial charge in [0.05, 0.1) is 5.75 Å². The predicted octanol–water partition coefficient (Wildman–Crippen LogP) is 0.272. The van der Waals surface area contributed by atoms with E-state index < -0.39 is 16.0 Å². The van der Waals surface area contributed by atoms with Crippen molar-refractivity contribution in [2.75, 3.05) is 12.3 Å². The highest BCUT2D eigenvalue weighted by atomic mass is 32.2. The van der Waals surface area contributed by atoms with E-state index in [4.69, 9.17) is 5.11 Å². The smallest absolute Gasteiger partial charge is 0.303 e. The number of carboxylic acids is 1. The number of sulfonamides is 1. The lowest BCUT2D eigenvalue weighted by molar-refractivity contribution is -0.137. The molecule has 0 bridgehead atoms. The van der Waals surface area contributed by atoms with Crippen molar-refractivity contribution in [3.8, 4) is 0 Å². The second kappa shape index (κ2) is 6.41. The van der Waals surface area contributed by atoms with Gasteiger partial charge >= 0.3 is 5.97 Å². The second-order valence-electron chi connectivity index (χ2n) is 3.63. The second-order valence-corrected chi connectivity index (χ2v) is 5.56. The maximum Gasteiger partial charge on any atom is 0.303 e. The molecule has 0 saturated carbocycles. The maximum atomic E-state index is 11.4. The summed E-state index contributed by atoms with van der Waals surface area (Å²) in [5.74, 6) is -1.13. The summed E-state index contributed by atoms with van der Waals surface area (Å²) in [6.45, 7) is 0.870. The molecule has 0 amide bonds. The summed E-state index contributed by atoms with van der Waals surface area (Å²) in [5.41, 5.74) is 0. The lowest BCUT2D eigenvalue weighted by Gasteiger charge is -2.06. The minimum Gasteiger partial charge on any atom is -0.481 e. The highest BCUT2D eigenvalue weighted by molar-refractivity contribution is 7.89. The minimum atomic E-state index is -3.36. The van der Waals surface area contributed by atoms with Gasteiger partial charge in [-0.1, -0.05) is 0 Å². The summed E-state index contributed by atoms with van der Waals surface area (Å²) >= 11 is 0. The van der Waals surface area contributed by atoms with Crippen molar-refractivity contribution in [3.63, 3.8) is 0 Å². The van der Waals surface area contributed by atoms with Crippen molar-refractivity contribution >= 4 is 16.0 Å². The molecule has 96 valence electrons. The highest BCUT2D eigenvalue weighted by Gasteiger charge is 2.10. The molecule has 0 saturated heterocycles. The number of nitrogens with zero attached hydrogens (tertiary/aromatic N) is 1. The van der Waals surface area contributed by atoms with Crippen LogP contribution in [0.2, 0.25) is 0 Å². The average molecular weight is 260 g/mol.